The average Bonchev–Trinajstić information content (AvgIpc) is 3.33. The van der Waals surface area contributed by atoms with Gasteiger partial charge in [-0.3, -0.25) is 9.59 Å². The molecular formula is C23H19ClN2O3S. The van der Waals surface area contributed by atoms with E-state index in [9.17, 15) is 9.59 Å². The molecule has 0 bridgehead atoms. The summed E-state index contributed by atoms with van der Waals surface area (Å²) in [4.78, 5) is 28.7. The monoisotopic (exact) mass is 438 g/mol. The third-order valence-electron chi connectivity index (χ3n) is 4.70. The normalized spacial score (nSPS) is 13.9. The molecule has 0 fully saturated rings. The second-order valence-corrected chi connectivity index (χ2v) is 8.07. The SMILES string of the molecule is CCOc1ccc(NC2=C(c3cccs3)C(=O)N(c3cc(Cl)ccc3C)C2=O)cc1. The van der Waals surface area contributed by atoms with Gasteiger partial charge in [0.1, 0.15) is 11.4 Å². The third-order valence-corrected chi connectivity index (χ3v) is 5.82. The fraction of sp³-hybridized carbons (Fsp3) is 0.130. The average molecular weight is 439 g/mol. The van der Waals surface area contributed by atoms with Crippen molar-refractivity contribution in [2.24, 2.45) is 0 Å². The Kier molecular flexibility index (Phi) is 5.61. The molecule has 152 valence electrons. The molecule has 2 heterocycles. The van der Waals surface area contributed by atoms with E-state index < -0.39 is 5.91 Å². The van der Waals surface area contributed by atoms with Crippen LogP contribution >= 0.6 is 22.9 Å². The molecule has 0 aliphatic carbocycles. The first-order chi connectivity index (χ1) is 14.5. The maximum absolute atomic E-state index is 13.4. The number of anilines is 2. The number of amides is 2. The van der Waals surface area contributed by atoms with E-state index in [-0.39, 0.29) is 11.6 Å². The van der Waals surface area contributed by atoms with Gasteiger partial charge in [-0.15, -0.1) is 11.3 Å². The number of carbonyl (C=O) groups is 2. The Bertz CT molecular complexity index is 1140. The minimum absolute atomic E-state index is 0.242. The van der Waals surface area contributed by atoms with Gasteiger partial charge in [-0.1, -0.05) is 23.7 Å². The number of hydrogen-bond acceptors (Lipinski definition) is 5. The van der Waals surface area contributed by atoms with Gasteiger partial charge in [-0.2, -0.15) is 0 Å². The van der Waals surface area contributed by atoms with E-state index in [2.05, 4.69) is 5.32 Å². The maximum Gasteiger partial charge on any atom is 0.282 e. The molecule has 1 aliphatic heterocycles. The van der Waals surface area contributed by atoms with Gasteiger partial charge < -0.3 is 10.1 Å². The van der Waals surface area contributed by atoms with Gasteiger partial charge in [0.25, 0.3) is 11.8 Å². The van der Waals surface area contributed by atoms with Crippen molar-refractivity contribution < 1.29 is 14.3 Å². The minimum Gasteiger partial charge on any atom is -0.494 e. The molecule has 4 rings (SSSR count). The molecule has 0 unspecified atom stereocenters. The largest absolute Gasteiger partial charge is 0.494 e. The van der Waals surface area contributed by atoms with Gasteiger partial charge in [0.2, 0.25) is 0 Å². The van der Waals surface area contributed by atoms with Crippen LogP contribution in [-0.2, 0) is 9.59 Å². The van der Waals surface area contributed by atoms with Crippen molar-refractivity contribution in [3.8, 4) is 5.75 Å². The molecule has 2 amide bonds. The smallest absolute Gasteiger partial charge is 0.282 e. The summed E-state index contributed by atoms with van der Waals surface area (Å²) in [6.07, 6.45) is 0. The van der Waals surface area contributed by atoms with Crippen molar-refractivity contribution >= 4 is 51.7 Å². The summed E-state index contributed by atoms with van der Waals surface area (Å²) in [5, 5.41) is 5.49. The van der Waals surface area contributed by atoms with Crippen LogP contribution in [0.2, 0.25) is 5.02 Å². The van der Waals surface area contributed by atoms with Crippen molar-refractivity contribution in [2.75, 3.05) is 16.8 Å². The number of nitrogens with one attached hydrogen (secondary N) is 1. The van der Waals surface area contributed by atoms with Gasteiger partial charge in [0.05, 0.1) is 17.9 Å². The summed E-state index contributed by atoms with van der Waals surface area (Å²) < 4.78 is 5.47. The quantitative estimate of drug-likeness (QED) is 0.516. The summed E-state index contributed by atoms with van der Waals surface area (Å²) >= 11 is 7.56. The molecular weight excluding hydrogens is 420 g/mol. The Hall–Kier alpha value is -3.09. The summed E-state index contributed by atoms with van der Waals surface area (Å²) in [6.45, 7) is 4.33. The van der Waals surface area contributed by atoms with E-state index in [1.54, 1.807) is 18.2 Å². The van der Waals surface area contributed by atoms with Gasteiger partial charge in [0, 0.05) is 15.6 Å². The first-order valence-electron chi connectivity index (χ1n) is 9.42. The topological polar surface area (TPSA) is 58.6 Å². The molecule has 0 spiro atoms. The molecule has 30 heavy (non-hydrogen) atoms. The van der Waals surface area contributed by atoms with Crippen molar-refractivity contribution in [2.45, 2.75) is 13.8 Å². The van der Waals surface area contributed by atoms with Gasteiger partial charge in [-0.25, -0.2) is 4.90 Å². The number of rotatable bonds is 6. The molecule has 1 N–H and O–H groups in total. The fourth-order valence-electron chi connectivity index (χ4n) is 3.28. The second-order valence-electron chi connectivity index (χ2n) is 6.69. The third kappa shape index (κ3) is 3.72. The minimum atomic E-state index is -0.414. The van der Waals surface area contributed by atoms with Gasteiger partial charge in [0.15, 0.2) is 0 Å². The van der Waals surface area contributed by atoms with E-state index in [1.807, 2.05) is 55.6 Å². The van der Waals surface area contributed by atoms with E-state index in [4.69, 9.17) is 16.3 Å². The fourth-order valence-corrected chi connectivity index (χ4v) is 4.22. The van der Waals surface area contributed by atoms with Crippen LogP contribution in [-0.4, -0.2) is 18.4 Å². The first-order valence-corrected chi connectivity index (χ1v) is 10.7. The number of aryl methyl sites for hydroxylation is 1. The standard InChI is InChI=1S/C23H19ClN2O3S/c1-3-29-17-10-8-16(9-11-17)25-21-20(19-5-4-12-30-19)22(27)26(23(21)28)18-13-15(24)7-6-14(18)2/h4-13,25H,3H2,1-2H3. The van der Waals surface area contributed by atoms with E-state index in [0.717, 1.165) is 16.2 Å². The van der Waals surface area contributed by atoms with Gasteiger partial charge in [-0.05, 0) is 67.3 Å². The zero-order valence-electron chi connectivity index (χ0n) is 16.4. The van der Waals surface area contributed by atoms with E-state index in [1.165, 1.54) is 16.2 Å². The number of hydrogen-bond donors (Lipinski definition) is 1. The molecule has 5 nitrogen and oxygen atoms in total. The Morgan fingerprint density at radius 1 is 1.07 bits per heavy atom. The van der Waals surface area contributed by atoms with Crippen LogP contribution in [0.4, 0.5) is 11.4 Å². The second kappa shape index (κ2) is 8.34. The van der Waals surface area contributed by atoms with Crippen molar-refractivity contribution in [1.29, 1.82) is 0 Å². The van der Waals surface area contributed by atoms with Crippen molar-refractivity contribution in [3.05, 3.63) is 81.1 Å². The zero-order chi connectivity index (χ0) is 21.3. The highest BCUT2D eigenvalue weighted by atomic mass is 35.5. The molecule has 0 saturated heterocycles. The highest BCUT2D eigenvalue weighted by molar-refractivity contribution is 7.11. The first kappa shape index (κ1) is 20.2. The van der Waals surface area contributed by atoms with Crippen LogP contribution in [0, 0.1) is 6.92 Å². The van der Waals surface area contributed by atoms with E-state index >= 15 is 0 Å². The lowest BCUT2D eigenvalue weighted by Gasteiger charge is -2.18. The number of nitrogens with zero attached hydrogens (tertiary/aromatic N) is 1. The van der Waals surface area contributed by atoms with Crippen LogP contribution in [0.25, 0.3) is 5.57 Å². The molecule has 7 heteroatoms. The molecule has 1 aromatic heterocycles. The lowest BCUT2D eigenvalue weighted by molar-refractivity contribution is -0.120. The molecule has 0 atom stereocenters. The van der Waals surface area contributed by atoms with Crippen LogP contribution < -0.4 is 15.0 Å². The molecule has 1 aliphatic rings. The Labute approximate surface area is 183 Å². The Balaban J connectivity index is 1.75. The Morgan fingerprint density at radius 2 is 1.83 bits per heavy atom. The van der Waals surface area contributed by atoms with Gasteiger partial charge >= 0.3 is 0 Å². The highest BCUT2D eigenvalue weighted by Gasteiger charge is 2.41. The summed E-state index contributed by atoms with van der Waals surface area (Å²) in [5.41, 5.74) is 2.55. The van der Waals surface area contributed by atoms with E-state index in [0.29, 0.717) is 28.6 Å². The molecule has 2 aromatic carbocycles. The molecule has 0 radical (unpaired) electrons. The maximum atomic E-state index is 13.4. The zero-order valence-corrected chi connectivity index (χ0v) is 18.0. The number of ether oxygens (including phenoxy) is 1. The predicted octanol–water partition coefficient (Wildman–Crippen LogP) is 5.51. The van der Waals surface area contributed by atoms with Crippen LogP contribution in [0.15, 0.2) is 65.7 Å². The summed E-state index contributed by atoms with van der Waals surface area (Å²) in [7, 11) is 0. The summed E-state index contributed by atoms with van der Waals surface area (Å²) in [5.74, 6) is -0.0515. The number of halogens is 1. The molecule has 3 aromatic rings. The summed E-state index contributed by atoms with van der Waals surface area (Å²) in [6, 6.07) is 16.1. The number of carbonyl (C=O) groups excluding carboxylic acids is 2. The highest BCUT2D eigenvalue weighted by Crippen LogP contribution is 2.37. The number of thiophene rings is 1. The lowest BCUT2D eigenvalue weighted by Crippen LogP contribution is -2.33. The van der Waals surface area contributed by atoms with Crippen LogP contribution in [0.3, 0.4) is 0 Å². The number of benzene rings is 2. The number of imide groups is 1. The van der Waals surface area contributed by atoms with Crippen molar-refractivity contribution in [1.82, 2.24) is 0 Å². The van der Waals surface area contributed by atoms with Crippen LogP contribution in [0.5, 0.6) is 5.75 Å². The van der Waals surface area contributed by atoms with Crippen molar-refractivity contribution in [3.63, 3.8) is 0 Å². The Morgan fingerprint density at radius 3 is 2.50 bits per heavy atom. The predicted molar refractivity (Wildman–Crippen MR) is 121 cm³/mol. The lowest BCUT2D eigenvalue weighted by atomic mass is 10.1. The molecule has 0 saturated carbocycles. The van der Waals surface area contributed by atoms with Crippen LogP contribution in [0.1, 0.15) is 17.4 Å².